The molecule has 1 atom stereocenters. The van der Waals surface area contributed by atoms with Crippen LogP contribution < -0.4 is 0 Å². The van der Waals surface area contributed by atoms with Gasteiger partial charge in [0, 0.05) is 17.7 Å². The van der Waals surface area contributed by atoms with Gasteiger partial charge in [-0.3, -0.25) is 4.79 Å². The minimum Gasteiger partial charge on any atom is -0.461 e. The molecule has 24 heavy (non-hydrogen) atoms. The Morgan fingerprint density at radius 3 is 2.38 bits per heavy atom. The normalized spacial score (nSPS) is 24.7. The topological polar surface area (TPSA) is 26.3 Å². The predicted molar refractivity (Wildman–Crippen MR) is 99.3 cm³/mol. The molecule has 1 aromatic heterocycles. The molecule has 3 rings (SSSR count). The summed E-state index contributed by atoms with van der Waals surface area (Å²) in [5.74, 6) is 0.451. The van der Waals surface area contributed by atoms with Crippen LogP contribution in [0.2, 0.25) is 0 Å². The fraction of sp³-hybridized carbons (Fsp3) is 0.750. The highest BCUT2D eigenvalue weighted by Gasteiger charge is 2.47. The van der Waals surface area contributed by atoms with Crippen molar-refractivity contribution in [3.05, 3.63) is 21.9 Å². The van der Waals surface area contributed by atoms with Gasteiger partial charge in [-0.2, -0.15) is 0 Å². The molecule has 0 radical (unpaired) electrons. The zero-order valence-electron chi connectivity index (χ0n) is 15.6. The smallest absolute Gasteiger partial charge is 0.317 e. The Hall–Kier alpha value is -0.870. The van der Waals surface area contributed by atoms with Crippen LogP contribution in [0.4, 0.5) is 0 Å². The molecule has 0 bridgehead atoms. The number of rotatable bonds is 4. The second-order valence-corrected chi connectivity index (χ2v) is 9.57. The lowest BCUT2D eigenvalue weighted by molar-refractivity contribution is -0.896. The molecule has 1 saturated heterocycles. The van der Waals surface area contributed by atoms with E-state index in [0.29, 0.717) is 5.92 Å². The molecule has 1 aromatic rings. The van der Waals surface area contributed by atoms with Gasteiger partial charge in [0.25, 0.3) is 0 Å². The number of ether oxygens (including phenoxy) is 1. The first-order chi connectivity index (χ1) is 11.3. The Balaban J connectivity index is 1.77. The van der Waals surface area contributed by atoms with Crippen LogP contribution in [0.3, 0.4) is 0 Å². The SMILES string of the molecule is Cc1csc(C(C)(C(=O)OC2CC[N+](C)(C)CC2)C2CCCC2)c1. The fourth-order valence-electron chi connectivity index (χ4n) is 4.31. The molecule has 4 heteroatoms. The van der Waals surface area contributed by atoms with E-state index in [2.05, 4.69) is 39.4 Å². The van der Waals surface area contributed by atoms with E-state index in [1.54, 1.807) is 11.3 Å². The summed E-state index contributed by atoms with van der Waals surface area (Å²) in [7, 11) is 4.52. The molecule has 0 amide bonds. The van der Waals surface area contributed by atoms with Crippen LogP contribution in [0.1, 0.15) is 55.9 Å². The summed E-state index contributed by atoms with van der Waals surface area (Å²) < 4.78 is 7.12. The monoisotopic (exact) mass is 350 g/mol. The van der Waals surface area contributed by atoms with Crippen molar-refractivity contribution in [2.45, 2.75) is 63.9 Å². The van der Waals surface area contributed by atoms with Gasteiger partial charge in [-0.15, -0.1) is 11.3 Å². The number of carbonyl (C=O) groups is 1. The van der Waals surface area contributed by atoms with Gasteiger partial charge in [0.05, 0.1) is 27.2 Å². The van der Waals surface area contributed by atoms with Crippen molar-refractivity contribution in [2.24, 2.45) is 5.92 Å². The highest BCUT2D eigenvalue weighted by Crippen LogP contribution is 2.45. The van der Waals surface area contributed by atoms with Crippen molar-refractivity contribution < 1.29 is 14.0 Å². The number of nitrogens with zero attached hydrogens (tertiary/aromatic N) is 1. The summed E-state index contributed by atoms with van der Waals surface area (Å²) in [6.07, 6.45) is 6.87. The van der Waals surface area contributed by atoms with Crippen LogP contribution in [0, 0.1) is 12.8 Å². The number of carbonyl (C=O) groups excluding carboxylic acids is 1. The Morgan fingerprint density at radius 2 is 1.83 bits per heavy atom. The lowest BCUT2D eigenvalue weighted by atomic mass is 9.74. The summed E-state index contributed by atoms with van der Waals surface area (Å²) in [6.45, 7) is 6.44. The molecular formula is C20H32NO2S+. The molecule has 1 unspecified atom stereocenters. The number of aryl methyl sites for hydroxylation is 1. The fourth-order valence-corrected chi connectivity index (χ4v) is 5.44. The largest absolute Gasteiger partial charge is 0.461 e. The highest BCUT2D eigenvalue weighted by molar-refractivity contribution is 7.10. The maximum absolute atomic E-state index is 13.3. The molecule has 0 N–H and O–H groups in total. The third-order valence-electron chi connectivity index (χ3n) is 6.22. The van der Waals surface area contributed by atoms with Gasteiger partial charge in [-0.1, -0.05) is 12.8 Å². The summed E-state index contributed by atoms with van der Waals surface area (Å²) in [5.41, 5.74) is 0.792. The minimum absolute atomic E-state index is 0.0217. The Morgan fingerprint density at radius 1 is 1.21 bits per heavy atom. The van der Waals surface area contributed by atoms with E-state index < -0.39 is 5.41 Å². The maximum atomic E-state index is 13.3. The molecule has 2 heterocycles. The lowest BCUT2D eigenvalue weighted by Crippen LogP contribution is -2.49. The number of thiophene rings is 1. The quantitative estimate of drug-likeness (QED) is 0.598. The molecule has 3 nitrogen and oxygen atoms in total. The summed E-state index contributed by atoms with van der Waals surface area (Å²) in [4.78, 5) is 14.5. The zero-order chi connectivity index (χ0) is 17.4. The van der Waals surface area contributed by atoms with E-state index in [1.165, 1.54) is 23.3 Å². The molecule has 134 valence electrons. The van der Waals surface area contributed by atoms with Gasteiger partial charge in [-0.05, 0) is 49.6 Å². The molecule has 1 aliphatic carbocycles. The Bertz CT molecular complexity index is 578. The van der Waals surface area contributed by atoms with Crippen molar-refractivity contribution in [3.8, 4) is 0 Å². The number of quaternary nitrogens is 1. The number of esters is 1. The van der Waals surface area contributed by atoms with Gasteiger partial charge in [0.2, 0.25) is 0 Å². The second kappa shape index (κ2) is 6.80. The van der Waals surface area contributed by atoms with Gasteiger partial charge in [0.1, 0.15) is 11.5 Å². The molecule has 2 fully saturated rings. The third-order valence-corrected chi connectivity index (χ3v) is 7.51. The van der Waals surface area contributed by atoms with E-state index in [4.69, 9.17) is 4.74 Å². The van der Waals surface area contributed by atoms with E-state index in [1.807, 2.05) is 0 Å². The predicted octanol–water partition coefficient (Wildman–Crippen LogP) is 4.29. The number of hydrogen-bond acceptors (Lipinski definition) is 3. The van der Waals surface area contributed by atoms with Gasteiger partial charge >= 0.3 is 5.97 Å². The number of hydrogen-bond donors (Lipinski definition) is 0. The van der Waals surface area contributed by atoms with Crippen LogP contribution in [-0.4, -0.2) is 43.7 Å². The summed E-state index contributed by atoms with van der Waals surface area (Å²) >= 11 is 1.73. The Labute approximate surface area is 150 Å². The van der Waals surface area contributed by atoms with Crippen LogP contribution in [0.15, 0.2) is 11.4 Å². The molecule has 0 aromatic carbocycles. The van der Waals surface area contributed by atoms with Crippen LogP contribution in [0.5, 0.6) is 0 Å². The van der Waals surface area contributed by atoms with Crippen LogP contribution in [0.25, 0.3) is 0 Å². The van der Waals surface area contributed by atoms with Crippen molar-refractivity contribution in [1.29, 1.82) is 0 Å². The minimum atomic E-state index is -0.461. The second-order valence-electron chi connectivity index (χ2n) is 8.66. The van der Waals surface area contributed by atoms with Crippen molar-refractivity contribution in [2.75, 3.05) is 27.2 Å². The van der Waals surface area contributed by atoms with Crippen molar-refractivity contribution in [3.63, 3.8) is 0 Å². The summed E-state index contributed by atoms with van der Waals surface area (Å²) in [6, 6.07) is 2.20. The first kappa shape index (κ1) is 17.9. The first-order valence-electron chi connectivity index (χ1n) is 9.40. The Kier molecular flexibility index (Phi) is 5.08. The van der Waals surface area contributed by atoms with Crippen LogP contribution >= 0.6 is 11.3 Å². The first-order valence-corrected chi connectivity index (χ1v) is 10.3. The molecule has 0 spiro atoms. The van der Waals surface area contributed by atoms with Crippen LogP contribution in [-0.2, 0) is 14.9 Å². The van der Waals surface area contributed by atoms with Gasteiger partial charge in [0.15, 0.2) is 0 Å². The molecule has 1 saturated carbocycles. The molecular weight excluding hydrogens is 318 g/mol. The standard InChI is InChI=1S/C20H32NO2S/c1-15-13-18(24-14-15)20(2,16-7-5-6-8-16)19(22)23-17-9-11-21(3,4)12-10-17/h13-14,16-17H,5-12H2,1-4H3/q+1. The van der Waals surface area contributed by atoms with Crippen molar-refractivity contribution in [1.82, 2.24) is 0 Å². The van der Waals surface area contributed by atoms with E-state index >= 15 is 0 Å². The van der Waals surface area contributed by atoms with Gasteiger partial charge < -0.3 is 9.22 Å². The van der Waals surface area contributed by atoms with E-state index in [9.17, 15) is 4.79 Å². The molecule has 1 aliphatic heterocycles. The van der Waals surface area contributed by atoms with E-state index in [-0.39, 0.29) is 12.1 Å². The summed E-state index contributed by atoms with van der Waals surface area (Å²) in [5, 5.41) is 2.16. The third kappa shape index (κ3) is 3.55. The average molecular weight is 351 g/mol. The van der Waals surface area contributed by atoms with Crippen molar-refractivity contribution >= 4 is 17.3 Å². The highest BCUT2D eigenvalue weighted by atomic mass is 32.1. The number of likely N-dealkylation sites (tertiary alicyclic amines) is 1. The molecule has 2 aliphatic rings. The van der Waals surface area contributed by atoms with Gasteiger partial charge in [-0.25, -0.2) is 0 Å². The van der Waals surface area contributed by atoms with E-state index in [0.717, 1.165) is 43.3 Å². The number of piperidine rings is 1. The zero-order valence-corrected chi connectivity index (χ0v) is 16.5. The average Bonchev–Trinajstić information content (AvgIpc) is 3.20. The maximum Gasteiger partial charge on any atom is 0.317 e. The lowest BCUT2D eigenvalue weighted by Gasteiger charge is -2.39.